The van der Waals surface area contributed by atoms with E-state index in [-0.39, 0.29) is 0 Å². The average molecular weight is 240 g/mol. The molecule has 6 nitrogen and oxygen atoms in total. The lowest BCUT2D eigenvalue weighted by molar-refractivity contribution is -0.849. The van der Waals surface area contributed by atoms with E-state index in [0.717, 1.165) is 4.48 Å². The number of urea groups is 1. The molecule has 2 amide bonds. The van der Waals surface area contributed by atoms with Gasteiger partial charge in [-0.05, 0) is 0 Å². The third kappa shape index (κ3) is 24.7. The second-order valence-corrected chi connectivity index (χ2v) is 5.44. The molecule has 7 heteroatoms. The van der Waals surface area contributed by atoms with Crippen molar-refractivity contribution >= 4 is 17.1 Å². The largest absolute Gasteiger partial charge is 0.341 e. The summed E-state index contributed by atoms with van der Waals surface area (Å²) in [5.74, 6) is 0. The molecule has 0 aliphatic carbocycles. The number of amides is 2. The Kier molecular flexibility index (Phi) is 8.50. The van der Waals surface area contributed by atoms with Crippen LogP contribution < -0.4 is 5.48 Å². The normalized spacial score (nSPS) is 12.2. The van der Waals surface area contributed by atoms with Crippen molar-refractivity contribution in [2.45, 2.75) is 0 Å². The standard InChI is InChI=1S/C4H10N2O3S.C4H12N/c1-6(2)4(7)5-9-10(3)8;1-5(2,3)4/h1-3H3,(H,5,7);1-4H3/q;+1. The van der Waals surface area contributed by atoms with Crippen molar-refractivity contribution in [1.29, 1.82) is 0 Å². The van der Waals surface area contributed by atoms with Crippen molar-refractivity contribution in [1.82, 2.24) is 10.4 Å². The SMILES string of the molecule is CN(C)C(=O)NOS(C)=O.C[N+](C)(C)C. The lowest BCUT2D eigenvalue weighted by atomic mass is 10.8. The van der Waals surface area contributed by atoms with Gasteiger partial charge in [0.05, 0.1) is 28.2 Å². The number of carbonyl (C=O) groups is 1. The molecule has 0 aromatic carbocycles. The molecule has 0 heterocycles. The number of quaternary nitrogens is 1. The molecular formula is C8H22N3O3S+. The van der Waals surface area contributed by atoms with Gasteiger partial charge in [-0.15, -0.1) is 0 Å². The molecule has 0 radical (unpaired) electrons. The Morgan fingerprint density at radius 1 is 1.27 bits per heavy atom. The Labute approximate surface area is 94.4 Å². The van der Waals surface area contributed by atoms with Crippen LogP contribution in [0.15, 0.2) is 0 Å². The third-order valence-corrected chi connectivity index (χ3v) is 0.971. The zero-order valence-corrected chi connectivity index (χ0v) is 11.3. The molecular weight excluding hydrogens is 218 g/mol. The van der Waals surface area contributed by atoms with Crippen LogP contribution in [0.25, 0.3) is 0 Å². The van der Waals surface area contributed by atoms with E-state index >= 15 is 0 Å². The first-order valence-corrected chi connectivity index (χ1v) is 5.79. The molecule has 0 fully saturated rings. The minimum atomic E-state index is -1.46. The molecule has 0 aromatic rings. The third-order valence-electron chi connectivity index (χ3n) is 0.653. The number of carbonyl (C=O) groups excluding carboxylic acids is 1. The van der Waals surface area contributed by atoms with Gasteiger partial charge in [0.1, 0.15) is 0 Å². The molecule has 15 heavy (non-hydrogen) atoms. The van der Waals surface area contributed by atoms with Gasteiger partial charge >= 0.3 is 6.03 Å². The fourth-order valence-corrected chi connectivity index (χ4v) is 0.374. The van der Waals surface area contributed by atoms with E-state index in [0.29, 0.717) is 0 Å². The number of rotatable bonds is 2. The van der Waals surface area contributed by atoms with E-state index in [9.17, 15) is 9.00 Å². The molecule has 0 spiro atoms. The van der Waals surface area contributed by atoms with Gasteiger partial charge in [-0.3, -0.25) is 0 Å². The fourth-order valence-electron chi connectivity index (χ4n) is 0.186. The topological polar surface area (TPSA) is 58.6 Å². The van der Waals surface area contributed by atoms with Crippen LogP contribution in [-0.4, -0.2) is 68.2 Å². The molecule has 0 bridgehead atoms. The summed E-state index contributed by atoms with van der Waals surface area (Å²) < 4.78 is 15.5. The summed E-state index contributed by atoms with van der Waals surface area (Å²) in [6.45, 7) is 0. The maximum absolute atomic E-state index is 10.6. The first-order valence-electron chi connectivity index (χ1n) is 4.31. The van der Waals surface area contributed by atoms with Crippen LogP contribution in [0, 0.1) is 0 Å². The summed E-state index contributed by atoms with van der Waals surface area (Å²) in [5.41, 5.74) is 1.97. The van der Waals surface area contributed by atoms with E-state index in [4.69, 9.17) is 0 Å². The van der Waals surface area contributed by atoms with E-state index in [1.807, 2.05) is 5.48 Å². The summed E-state index contributed by atoms with van der Waals surface area (Å²) in [6, 6.07) is -0.435. The van der Waals surface area contributed by atoms with Crippen LogP contribution in [0.5, 0.6) is 0 Å². The number of nitrogens with zero attached hydrogens (tertiary/aromatic N) is 2. The summed E-state index contributed by atoms with van der Waals surface area (Å²) in [7, 11) is 11.6. The number of hydrogen-bond donors (Lipinski definition) is 1. The molecule has 0 saturated carbocycles. The van der Waals surface area contributed by atoms with Crippen LogP contribution in [0.4, 0.5) is 4.79 Å². The summed E-state index contributed by atoms with van der Waals surface area (Å²) in [5, 5.41) is 0. The highest BCUT2D eigenvalue weighted by atomic mass is 32.2. The van der Waals surface area contributed by atoms with Crippen molar-refractivity contribution in [3.63, 3.8) is 0 Å². The first-order chi connectivity index (χ1) is 6.54. The van der Waals surface area contributed by atoms with E-state index in [1.165, 1.54) is 11.2 Å². The molecule has 1 atom stereocenters. The first kappa shape index (κ1) is 16.8. The highest BCUT2D eigenvalue weighted by Gasteiger charge is 2.02. The van der Waals surface area contributed by atoms with Gasteiger partial charge in [-0.2, -0.15) is 4.28 Å². The molecule has 92 valence electrons. The quantitative estimate of drug-likeness (QED) is 0.537. The molecule has 0 aromatic heterocycles. The minimum Gasteiger partial charge on any atom is -0.333 e. The van der Waals surface area contributed by atoms with Gasteiger partial charge in [0.2, 0.25) is 0 Å². The highest BCUT2D eigenvalue weighted by Crippen LogP contribution is 1.78. The monoisotopic (exact) mass is 240 g/mol. The molecule has 0 aliphatic rings. The van der Waals surface area contributed by atoms with Gasteiger partial charge in [0, 0.05) is 20.4 Å². The van der Waals surface area contributed by atoms with Gasteiger partial charge in [0.25, 0.3) is 0 Å². The van der Waals surface area contributed by atoms with Gasteiger partial charge in [-0.25, -0.2) is 14.5 Å². The van der Waals surface area contributed by atoms with Crippen LogP contribution in [0.1, 0.15) is 0 Å². The maximum Gasteiger partial charge on any atom is 0.341 e. The van der Waals surface area contributed by atoms with Crippen LogP contribution >= 0.6 is 0 Å². The molecule has 0 aliphatic heterocycles. The van der Waals surface area contributed by atoms with Gasteiger partial charge in [0.15, 0.2) is 11.1 Å². The van der Waals surface area contributed by atoms with E-state index < -0.39 is 17.1 Å². The minimum absolute atomic E-state index is 0.435. The number of hydroxylamine groups is 1. The van der Waals surface area contributed by atoms with Crippen molar-refractivity contribution < 1.29 is 17.8 Å². The lowest BCUT2D eigenvalue weighted by Crippen LogP contribution is -2.34. The van der Waals surface area contributed by atoms with Crippen molar-refractivity contribution in [3.8, 4) is 0 Å². The lowest BCUT2D eigenvalue weighted by Gasteiger charge is -2.14. The van der Waals surface area contributed by atoms with Crippen LogP contribution in [-0.2, 0) is 15.4 Å². The fraction of sp³-hybridized carbons (Fsp3) is 0.875. The number of nitrogens with one attached hydrogen (secondary N) is 1. The molecule has 1 unspecified atom stereocenters. The van der Waals surface area contributed by atoms with Crippen molar-refractivity contribution in [2.75, 3.05) is 48.5 Å². The van der Waals surface area contributed by atoms with Crippen LogP contribution in [0.2, 0.25) is 0 Å². The summed E-state index contributed by atoms with van der Waals surface area (Å²) in [6.07, 6.45) is 1.32. The summed E-state index contributed by atoms with van der Waals surface area (Å²) >= 11 is -1.46. The Hall–Kier alpha value is -0.660. The maximum atomic E-state index is 10.6. The molecule has 0 saturated heterocycles. The van der Waals surface area contributed by atoms with Gasteiger partial charge in [-0.1, -0.05) is 0 Å². The zero-order valence-electron chi connectivity index (χ0n) is 10.5. The van der Waals surface area contributed by atoms with Gasteiger partial charge < -0.3 is 9.38 Å². The second kappa shape index (κ2) is 7.61. The molecule has 0 rings (SSSR count). The summed E-state index contributed by atoms with van der Waals surface area (Å²) in [4.78, 5) is 11.9. The number of hydrogen-bond acceptors (Lipinski definition) is 3. The van der Waals surface area contributed by atoms with Crippen LogP contribution in [0.3, 0.4) is 0 Å². The average Bonchev–Trinajstić information content (AvgIpc) is 1.96. The predicted molar refractivity (Wildman–Crippen MR) is 61.3 cm³/mol. The highest BCUT2D eigenvalue weighted by molar-refractivity contribution is 7.79. The Bertz CT molecular complexity index is 208. The smallest absolute Gasteiger partial charge is 0.333 e. The van der Waals surface area contributed by atoms with Crippen molar-refractivity contribution in [3.05, 3.63) is 0 Å². The Morgan fingerprint density at radius 3 is 1.80 bits per heavy atom. The Morgan fingerprint density at radius 2 is 1.60 bits per heavy atom. The Balaban J connectivity index is 0. The van der Waals surface area contributed by atoms with E-state index in [1.54, 1.807) is 14.1 Å². The zero-order chi connectivity index (χ0) is 12.6. The van der Waals surface area contributed by atoms with Crippen molar-refractivity contribution in [2.24, 2.45) is 0 Å². The second-order valence-electron chi connectivity index (χ2n) is 4.47. The molecule has 1 N–H and O–H groups in total. The van der Waals surface area contributed by atoms with E-state index in [2.05, 4.69) is 32.5 Å². The predicted octanol–water partition coefficient (Wildman–Crippen LogP) is -0.195.